The molecule has 0 nitrogen and oxygen atoms in total. The van der Waals surface area contributed by atoms with Crippen LogP contribution in [0.3, 0.4) is 0 Å². The number of fused-ring (bicyclic) bond motifs is 4. The number of rotatable bonds is 2. The Morgan fingerprint density at radius 3 is 2.38 bits per heavy atom. The summed E-state index contributed by atoms with van der Waals surface area (Å²) in [4.78, 5) is 0. The van der Waals surface area contributed by atoms with Gasteiger partial charge in [-0.25, -0.2) is 4.39 Å². The van der Waals surface area contributed by atoms with E-state index >= 15 is 0 Å². The van der Waals surface area contributed by atoms with E-state index in [1.807, 2.05) is 31.2 Å². The average Bonchev–Trinajstić information content (AvgIpc) is 2.34. The van der Waals surface area contributed by atoms with Crippen LogP contribution in [0.2, 0.25) is 0 Å². The van der Waals surface area contributed by atoms with Gasteiger partial charge in [0.1, 0.15) is 6.17 Å². The van der Waals surface area contributed by atoms with Gasteiger partial charge >= 0.3 is 0 Å². The molecule has 80 valence electrons. The molecule has 2 aromatic rings. The van der Waals surface area contributed by atoms with Crippen molar-refractivity contribution in [2.75, 3.05) is 0 Å². The lowest BCUT2D eigenvalue weighted by atomic mass is 9.77. The second-order valence-corrected chi connectivity index (χ2v) is 4.19. The first kappa shape index (κ1) is 9.59. The molecule has 1 aliphatic carbocycles. The van der Waals surface area contributed by atoms with Crippen molar-refractivity contribution in [3.8, 4) is 22.3 Å². The minimum absolute atomic E-state index is 0.540. The molecule has 3 rings (SSSR count). The van der Waals surface area contributed by atoms with Gasteiger partial charge < -0.3 is 0 Å². The van der Waals surface area contributed by atoms with E-state index in [0.717, 1.165) is 11.1 Å². The molecule has 1 aliphatic rings. The third-order valence-electron chi connectivity index (χ3n) is 3.28. The van der Waals surface area contributed by atoms with Crippen molar-refractivity contribution in [2.45, 2.75) is 19.5 Å². The van der Waals surface area contributed by atoms with E-state index in [9.17, 15) is 4.39 Å². The number of hydrogen-bond donors (Lipinski definition) is 0. The molecule has 1 unspecified atom stereocenters. The highest BCUT2D eigenvalue weighted by Crippen LogP contribution is 2.50. The van der Waals surface area contributed by atoms with Crippen LogP contribution in [0.15, 0.2) is 42.5 Å². The Labute approximate surface area is 94.7 Å². The monoisotopic (exact) mass is 212 g/mol. The van der Waals surface area contributed by atoms with E-state index in [1.54, 1.807) is 0 Å². The average molecular weight is 212 g/mol. The van der Waals surface area contributed by atoms with Crippen LogP contribution in [-0.2, 0) is 0 Å². The van der Waals surface area contributed by atoms with E-state index < -0.39 is 6.17 Å². The van der Waals surface area contributed by atoms with E-state index in [1.165, 1.54) is 16.7 Å². The molecule has 1 heteroatoms. The highest BCUT2D eigenvalue weighted by molar-refractivity contribution is 6.03. The van der Waals surface area contributed by atoms with Crippen molar-refractivity contribution in [1.82, 2.24) is 0 Å². The highest BCUT2D eigenvalue weighted by atomic mass is 19.1. The molecular formula is C15H13F. The molecule has 0 aliphatic heterocycles. The van der Waals surface area contributed by atoms with Crippen LogP contribution in [-0.4, -0.2) is 0 Å². The first-order valence-electron chi connectivity index (χ1n) is 5.69. The molecule has 1 atom stereocenters. The van der Waals surface area contributed by atoms with Crippen LogP contribution in [0.4, 0.5) is 4.39 Å². The molecule has 0 aromatic heterocycles. The normalized spacial score (nSPS) is 13.6. The number of alkyl halides is 1. The molecule has 0 saturated carbocycles. The largest absolute Gasteiger partial charge is 0.242 e. The van der Waals surface area contributed by atoms with Crippen LogP contribution in [0.25, 0.3) is 22.3 Å². The standard InChI is InChI=1S/C15H13F/c1-2-14(16)13-9-5-8-12-10-6-3-4-7-11(10)15(12)13/h3-9,14H,2H2,1H3. The first-order valence-corrected chi connectivity index (χ1v) is 5.69. The molecule has 0 amide bonds. The fraction of sp³-hybridized carbons (Fsp3) is 0.200. The summed E-state index contributed by atoms with van der Waals surface area (Å²) in [5.41, 5.74) is 5.61. The topological polar surface area (TPSA) is 0 Å². The second kappa shape index (κ2) is 3.44. The van der Waals surface area contributed by atoms with Gasteiger partial charge in [0.25, 0.3) is 0 Å². The minimum atomic E-state index is -0.844. The van der Waals surface area contributed by atoms with Gasteiger partial charge in [-0.05, 0) is 34.2 Å². The summed E-state index contributed by atoms with van der Waals surface area (Å²) in [6.45, 7) is 1.88. The van der Waals surface area contributed by atoms with E-state index in [4.69, 9.17) is 0 Å². The van der Waals surface area contributed by atoms with Crippen molar-refractivity contribution < 1.29 is 4.39 Å². The summed E-state index contributed by atoms with van der Waals surface area (Å²) in [5.74, 6) is 0. The summed E-state index contributed by atoms with van der Waals surface area (Å²) in [6.07, 6.45) is -0.304. The molecule has 0 bridgehead atoms. The van der Waals surface area contributed by atoms with Crippen LogP contribution in [0, 0.1) is 0 Å². The maximum absolute atomic E-state index is 13.8. The molecule has 0 heterocycles. The van der Waals surface area contributed by atoms with Gasteiger partial charge in [-0.2, -0.15) is 0 Å². The maximum Gasteiger partial charge on any atom is 0.125 e. The summed E-state index contributed by atoms with van der Waals surface area (Å²) in [7, 11) is 0. The van der Waals surface area contributed by atoms with E-state index in [0.29, 0.717) is 6.42 Å². The fourth-order valence-electron chi connectivity index (χ4n) is 2.45. The molecule has 0 spiro atoms. The predicted molar refractivity (Wildman–Crippen MR) is 65.0 cm³/mol. The van der Waals surface area contributed by atoms with E-state index in [-0.39, 0.29) is 0 Å². The zero-order chi connectivity index (χ0) is 11.1. The molecule has 0 radical (unpaired) electrons. The third-order valence-corrected chi connectivity index (χ3v) is 3.28. The highest BCUT2D eigenvalue weighted by Gasteiger charge is 2.26. The minimum Gasteiger partial charge on any atom is -0.242 e. The fourth-order valence-corrected chi connectivity index (χ4v) is 2.45. The van der Waals surface area contributed by atoms with Gasteiger partial charge in [0.05, 0.1) is 0 Å². The van der Waals surface area contributed by atoms with Crippen molar-refractivity contribution in [3.63, 3.8) is 0 Å². The van der Waals surface area contributed by atoms with Crippen LogP contribution < -0.4 is 0 Å². The lowest BCUT2D eigenvalue weighted by Crippen LogP contribution is -2.04. The van der Waals surface area contributed by atoms with Crippen molar-refractivity contribution in [2.24, 2.45) is 0 Å². The maximum atomic E-state index is 13.8. The Morgan fingerprint density at radius 1 is 0.938 bits per heavy atom. The molecular weight excluding hydrogens is 199 g/mol. The van der Waals surface area contributed by atoms with Gasteiger partial charge in [-0.3, -0.25) is 0 Å². The van der Waals surface area contributed by atoms with Crippen molar-refractivity contribution >= 4 is 0 Å². The second-order valence-electron chi connectivity index (χ2n) is 4.19. The van der Waals surface area contributed by atoms with Crippen molar-refractivity contribution in [1.29, 1.82) is 0 Å². The summed E-state index contributed by atoms with van der Waals surface area (Å²) in [5, 5.41) is 0. The smallest absolute Gasteiger partial charge is 0.125 e. The first-order chi connectivity index (χ1) is 7.83. The molecule has 0 fully saturated rings. The summed E-state index contributed by atoms with van der Waals surface area (Å²) < 4.78 is 13.8. The quantitative estimate of drug-likeness (QED) is 0.574. The van der Waals surface area contributed by atoms with Gasteiger partial charge in [-0.15, -0.1) is 0 Å². The molecule has 16 heavy (non-hydrogen) atoms. The zero-order valence-electron chi connectivity index (χ0n) is 9.20. The molecule has 0 saturated heterocycles. The van der Waals surface area contributed by atoms with E-state index in [2.05, 4.69) is 18.2 Å². The number of halogens is 1. The predicted octanol–water partition coefficient (Wildman–Crippen LogP) is 4.75. The molecule has 2 aromatic carbocycles. The Bertz CT molecular complexity index is 543. The van der Waals surface area contributed by atoms with Gasteiger partial charge in [0, 0.05) is 0 Å². The summed E-state index contributed by atoms with van der Waals surface area (Å²) in [6, 6.07) is 14.1. The number of benzene rings is 2. The van der Waals surface area contributed by atoms with Crippen LogP contribution >= 0.6 is 0 Å². The number of hydrogen-bond acceptors (Lipinski definition) is 0. The van der Waals surface area contributed by atoms with Gasteiger partial charge in [0.2, 0.25) is 0 Å². The zero-order valence-corrected chi connectivity index (χ0v) is 9.20. The summed E-state index contributed by atoms with van der Waals surface area (Å²) >= 11 is 0. The lowest BCUT2D eigenvalue weighted by molar-refractivity contribution is 0.335. The van der Waals surface area contributed by atoms with Crippen LogP contribution in [0.5, 0.6) is 0 Å². The molecule has 0 N–H and O–H groups in total. The Balaban J connectivity index is 2.18. The Hall–Kier alpha value is -1.63. The SMILES string of the molecule is CCC(F)c1cccc2c1-c1ccccc1-2. The van der Waals surface area contributed by atoms with Crippen LogP contribution in [0.1, 0.15) is 25.1 Å². The van der Waals surface area contributed by atoms with Crippen molar-refractivity contribution in [3.05, 3.63) is 48.0 Å². The van der Waals surface area contributed by atoms with Gasteiger partial charge in [-0.1, -0.05) is 49.4 Å². The van der Waals surface area contributed by atoms with Gasteiger partial charge in [0.15, 0.2) is 0 Å². The Kier molecular flexibility index (Phi) is 2.06. The third kappa shape index (κ3) is 1.15. The lowest BCUT2D eigenvalue weighted by Gasteiger charge is -2.27. The Morgan fingerprint density at radius 2 is 1.62 bits per heavy atom.